The minimum Gasteiger partial charge on any atom is -0.264 e. The molecule has 0 saturated heterocycles. The van der Waals surface area contributed by atoms with E-state index in [1.807, 2.05) is 44.2 Å². The number of nitro groups is 1. The molecule has 0 spiro atoms. The van der Waals surface area contributed by atoms with Gasteiger partial charge in [-0.3, -0.25) is 10.1 Å². The van der Waals surface area contributed by atoms with Crippen molar-refractivity contribution >= 4 is 0 Å². The molecule has 3 nitrogen and oxygen atoms in total. The first-order valence-corrected chi connectivity index (χ1v) is 5.28. The zero-order valence-corrected chi connectivity index (χ0v) is 9.51. The molecule has 1 unspecified atom stereocenters. The largest absolute Gasteiger partial charge is 0.264 e. The molecule has 1 aromatic carbocycles. The zero-order chi connectivity index (χ0) is 12.0. The fraction of sp³-hybridized carbons (Fsp3) is 0.385. The summed E-state index contributed by atoms with van der Waals surface area (Å²) in [7, 11) is 0. The first kappa shape index (κ1) is 12.3. The van der Waals surface area contributed by atoms with Crippen LogP contribution in [0.4, 0.5) is 0 Å². The zero-order valence-electron chi connectivity index (χ0n) is 9.51. The van der Waals surface area contributed by atoms with Crippen LogP contribution in [0.5, 0.6) is 0 Å². The molecule has 0 aliphatic heterocycles. The second kappa shape index (κ2) is 5.92. The topological polar surface area (TPSA) is 43.1 Å². The molecule has 0 fully saturated rings. The van der Waals surface area contributed by atoms with E-state index in [0.717, 1.165) is 5.56 Å². The fourth-order valence-corrected chi connectivity index (χ4v) is 1.28. The van der Waals surface area contributed by atoms with Crippen molar-refractivity contribution < 1.29 is 4.92 Å². The summed E-state index contributed by atoms with van der Waals surface area (Å²) in [5.41, 5.74) is 0.900. The van der Waals surface area contributed by atoms with Crippen LogP contribution < -0.4 is 0 Å². The molecule has 0 N–H and O–H groups in total. The SMILES string of the molecule is CC(C)C(C#Cc1ccccc1)C[N+](=O)[O-]. The summed E-state index contributed by atoms with van der Waals surface area (Å²) >= 11 is 0. The van der Waals surface area contributed by atoms with Gasteiger partial charge in [0.15, 0.2) is 0 Å². The van der Waals surface area contributed by atoms with Crippen LogP contribution in [0.25, 0.3) is 0 Å². The van der Waals surface area contributed by atoms with Crippen molar-refractivity contribution in [3.63, 3.8) is 0 Å². The maximum absolute atomic E-state index is 10.5. The van der Waals surface area contributed by atoms with Gasteiger partial charge in [0.1, 0.15) is 0 Å². The molecule has 1 aromatic rings. The lowest BCUT2D eigenvalue weighted by molar-refractivity contribution is -0.486. The molecule has 0 bridgehead atoms. The third-order valence-electron chi connectivity index (χ3n) is 2.33. The smallest absolute Gasteiger partial charge is 0.217 e. The number of hydrogen-bond acceptors (Lipinski definition) is 2. The molecule has 84 valence electrons. The lowest BCUT2D eigenvalue weighted by Gasteiger charge is -2.08. The van der Waals surface area contributed by atoms with Gasteiger partial charge in [0, 0.05) is 10.5 Å². The Kier molecular flexibility index (Phi) is 4.53. The maximum atomic E-state index is 10.5. The second-order valence-corrected chi connectivity index (χ2v) is 4.00. The number of nitrogens with zero attached hydrogens (tertiary/aromatic N) is 1. The Labute approximate surface area is 95.6 Å². The Hall–Kier alpha value is -1.82. The van der Waals surface area contributed by atoms with E-state index in [-0.39, 0.29) is 23.3 Å². The summed E-state index contributed by atoms with van der Waals surface area (Å²) in [5, 5.41) is 10.5. The van der Waals surface area contributed by atoms with Crippen molar-refractivity contribution in [3.05, 3.63) is 46.0 Å². The molecule has 16 heavy (non-hydrogen) atoms. The van der Waals surface area contributed by atoms with Gasteiger partial charge in [-0.05, 0) is 18.1 Å². The molecular weight excluding hydrogens is 202 g/mol. The predicted octanol–water partition coefficient (Wildman–Crippen LogP) is 2.59. The molecule has 1 atom stereocenters. The average Bonchev–Trinajstić information content (AvgIpc) is 2.25. The molecule has 0 radical (unpaired) electrons. The van der Waals surface area contributed by atoms with E-state index in [1.165, 1.54) is 0 Å². The van der Waals surface area contributed by atoms with E-state index in [1.54, 1.807) is 0 Å². The highest BCUT2D eigenvalue weighted by atomic mass is 16.6. The molecule has 0 saturated carbocycles. The van der Waals surface area contributed by atoms with Gasteiger partial charge < -0.3 is 0 Å². The van der Waals surface area contributed by atoms with E-state index < -0.39 is 0 Å². The number of rotatable bonds is 3. The maximum Gasteiger partial charge on any atom is 0.217 e. The summed E-state index contributed by atoms with van der Waals surface area (Å²) in [4.78, 5) is 10.2. The predicted molar refractivity (Wildman–Crippen MR) is 63.5 cm³/mol. The second-order valence-electron chi connectivity index (χ2n) is 4.00. The highest BCUT2D eigenvalue weighted by Gasteiger charge is 2.16. The number of hydrogen-bond donors (Lipinski definition) is 0. The first-order valence-electron chi connectivity index (χ1n) is 5.28. The molecule has 3 heteroatoms. The summed E-state index contributed by atoms with van der Waals surface area (Å²) in [5.74, 6) is 5.96. The van der Waals surface area contributed by atoms with Gasteiger partial charge in [0.25, 0.3) is 0 Å². The molecule has 0 amide bonds. The van der Waals surface area contributed by atoms with Gasteiger partial charge in [-0.1, -0.05) is 43.9 Å². The summed E-state index contributed by atoms with van der Waals surface area (Å²) in [6.45, 7) is 3.82. The van der Waals surface area contributed by atoms with Gasteiger partial charge in [-0.15, -0.1) is 0 Å². The Morgan fingerprint density at radius 1 is 1.31 bits per heavy atom. The minimum absolute atomic E-state index is 0.0858. The van der Waals surface area contributed by atoms with E-state index in [9.17, 15) is 10.1 Å². The van der Waals surface area contributed by atoms with Crippen molar-refractivity contribution in [2.24, 2.45) is 11.8 Å². The van der Waals surface area contributed by atoms with Crippen LogP contribution in [0.2, 0.25) is 0 Å². The van der Waals surface area contributed by atoms with Gasteiger partial charge in [0.05, 0.1) is 5.92 Å². The monoisotopic (exact) mass is 217 g/mol. The van der Waals surface area contributed by atoms with E-state index in [0.29, 0.717) is 0 Å². The highest BCUT2D eigenvalue weighted by molar-refractivity contribution is 5.34. The summed E-state index contributed by atoms with van der Waals surface area (Å²) < 4.78 is 0. The fourth-order valence-electron chi connectivity index (χ4n) is 1.28. The molecule has 0 aliphatic rings. The molecule has 0 heterocycles. The quantitative estimate of drug-likeness (QED) is 0.443. The van der Waals surface area contributed by atoms with Crippen LogP contribution in [0.1, 0.15) is 19.4 Å². The summed E-state index contributed by atoms with van der Waals surface area (Å²) in [6, 6.07) is 9.53. The normalized spacial score (nSPS) is 11.7. The third-order valence-corrected chi connectivity index (χ3v) is 2.33. The van der Waals surface area contributed by atoms with Crippen molar-refractivity contribution in [3.8, 4) is 11.8 Å². The van der Waals surface area contributed by atoms with E-state index >= 15 is 0 Å². The molecule has 0 aliphatic carbocycles. The Morgan fingerprint density at radius 2 is 1.94 bits per heavy atom. The van der Waals surface area contributed by atoms with Crippen molar-refractivity contribution in [2.45, 2.75) is 13.8 Å². The van der Waals surface area contributed by atoms with Crippen LogP contribution in [0.3, 0.4) is 0 Å². The third kappa shape index (κ3) is 4.14. The van der Waals surface area contributed by atoms with Crippen molar-refractivity contribution in [1.82, 2.24) is 0 Å². The Bertz CT molecular complexity index is 401. The lowest BCUT2D eigenvalue weighted by atomic mass is 9.96. The Morgan fingerprint density at radius 3 is 2.44 bits per heavy atom. The van der Waals surface area contributed by atoms with Crippen molar-refractivity contribution in [1.29, 1.82) is 0 Å². The molecule has 1 rings (SSSR count). The highest BCUT2D eigenvalue weighted by Crippen LogP contribution is 2.10. The van der Waals surface area contributed by atoms with Crippen molar-refractivity contribution in [2.75, 3.05) is 6.54 Å². The Balaban J connectivity index is 2.76. The van der Waals surface area contributed by atoms with E-state index in [2.05, 4.69) is 11.8 Å². The molecule has 0 aromatic heterocycles. The lowest BCUT2D eigenvalue weighted by Crippen LogP contribution is -2.17. The van der Waals surface area contributed by atoms with Crippen LogP contribution in [-0.4, -0.2) is 11.5 Å². The van der Waals surface area contributed by atoms with Gasteiger partial charge in [-0.25, -0.2) is 0 Å². The molecular formula is C13H15NO2. The standard InChI is InChI=1S/C13H15NO2/c1-11(2)13(10-14(15)16)9-8-12-6-4-3-5-7-12/h3-7,11,13H,10H2,1-2H3. The van der Waals surface area contributed by atoms with Crippen LogP contribution in [0, 0.1) is 33.8 Å². The number of benzene rings is 1. The van der Waals surface area contributed by atoms with Gasteiger partial charge in [0.2, 0.25) is 6.54 Å². The summed E-state index contributed by atoms with van der Waals surface area (Å²) in [6.07, 6.45) is 0. The van der Waals surface area contributed by atoms with Gasteiger partial charge in [-0.2, -0.15) is 0 Å². The first-order chi connectivity index (χ1) is 7.59. The van der Waals surface area contributed by atoms with Gasteiger partial charge >= 0.3 is 0 Å². The van der Waals surface area contributed by atoms with Crippen LogP contribution in [-0.2, 0) is 0 Å². The van der Waals surface area contributed by atoms with Crippen LogP contribution >= 0.6 is 0 Å². The van der Waals surface area contributed by atoms with E-state index in [4.69, 9.17) is 0 Å². The van der Waals surface area contributed by atoms with Crippen LogP contribution in [0.15, 0.2) is 30.3 Å². The minimum atomic E-state index is -0.301. The average molecular weight is 217 g/mol.